The summed E-state index contributed by atoms with van der Waals surface area (Å²) >= 11 is 5.95. The van der Waals surface area contributed by atoms with Gasteiger partial charge in [0.1, 0.15) is 5.82 Å². The van der Waals surface area contributed by atoms with Gasteiger partial charge in [-0.15, -0.1) is 0 Å². The van der Waals surface area contributed by atoms with E-state index >= 15 is 0 Å². The Kier molecular flexibility index (Phi) is 6.30. The van der Waals surface area contributed by atoms with Gasteiger partial charge in [0.15, 0.2) is 0 Å². The predicted molar refractivity (Wildman–Crippen MR) is 113 cm³/mol. The van der Waals surface area contributed by atoms with Gasteiger partial charge >= 0.3 is 0 Å². The lowest BCUT2D eigenvalue weighted by atomic mass is 10.2. The standard InChI is InChI=1S/C22H25ClN4/c1-16(2)27(15-19-7-5-4-6-8-19)22-25-17(3)13-21(26-22)24-14-18-9-11-20(23)12-10-18/h4-13,16H,14-15H2,1-3H3,(H,24,25,26). The molecule has 0 aliphatic carbocycles. The maximum Gasteiger partial charge on any atom is 0.228 e. The van der Waals surface area contributed by atoms with Crippen LogP contribution < -0.4 is 10.2 Å². The van der Waals surface area contributed by atoms with Crippen LogP contribution in [-0.2, 0) is 13.1 Å². The molecule has 0 spiro atoms. The van der Waals surface area contributed by atoms with Crippen molar-refractivity contribution in [3.05, 3.63) is 82.5 Å². The molecule has 3 rings (SSSR count). The van der Waals surface area contributed by atoms with E-state index in [0.29, 0.717) is 6.54 Å². The lowest BCUT2D eigenvalue weighted by molar-refractivity contribution is 0.659. The Morgan fingerprint density at radius 2 is 1.67 bits per heavy atom. The van der Waals surface area contributed by atoms with E-state index < -0.39 is 0 Å². The van der Waals surface area contributed by atoms with E-state index in [1.54, 1.807) is 0 Å². The van der Waals surface area contributed by atoms with Crippen LogP contribution in [0.15, 0.2) is 60.7 Å². The third-order valence-corrected chi connectivity index (χ3v) is 4.56. The molecule has 0 unspecified atom stereocenters. The first-order valence-corrected chi connectivity index (χ1v) is 9.53. The van der Waals surface area contributed by atoms with Crippen molar-refractivity contribution in [1.82, 2.24) is 9.97 Å². The van der Waals surface area contributed by atoms with Gasteiger partial charge in [-0.25, -0.2) is 4.98 Å². The molecule has 0 aliphatic heterocycles. The van der Waals surface area contributed by atoms with E-state index in [0.717, 1.165) is 34.6 Å². The monoisotopic (exact) mass is 380 g/mol. The molecule has 4 nitrogen and oxygen atoms in total. The second-order valence-electron chi connectivity index (χ2n) is 6.88. The Morgan fingerprint density at radius 3 is 2.33 bits per heavy atom. The first-order valence-electron chi connectivity index (χ1n) is 9.16. The van der Waals surface area contributed by atoms with E-state index in [9.17, 15) is 0 Å². The van der Waals surface area contributed by atoms with Gasteiger partial charge in [0, 0.05) is 35.9 Å². The maximum absolute atomic E-state index is 5.95. The van der Waals surface area contributed by atoms with E-state index in [1.807, 2.05) is 43.3 Å². The highest BCUT2D eigenvalue weighted by Gasteiger charge is 2.15. The first kappa shape index (κ1) is 19.2. The summed E-state index contributed by atoms with van der Waals surface area (Å²) in [6.07, 6.45) is 0. The van der Waals surface area contributed by atoms with Crippen molar-refractivity contribution in [3.63, 3.8) is 0 Å². The van der Waals surface area contributed by atoms with Gasteiger partial charge in [-0.05, 0) is 44.0 Å². The van der Waals surface area contributed by atoms with Crippen LogP contribution in [0.5, 0.6) is 0 Å². The minimum Gasteiger partial charge on any atom is -0.366 e. The fourth-order valence-corrected chi connectivity index (χ4v) is 2.96. The van der Waals surface area contributed by atoms with Crippen LogP contribution in [0, 0.1) is 6.92 Å². The molecule has 140 valence electrons. The van der Waals surface area contributed by atoms with Gasteiger partial charge in [-0.3, -0.25) is 0 Å². The molecule has 0 fully saturated rings. The van der Waals surface area contributed by atoms with Gasteiger partial charge in [0.05, 0.1) is 0 Å². The zero-order valence-corrected chi connectivity index (χ0v) is 16.7. The van der Waals surface area contributed by atoms with Crippen molar-refractivity contribution >= 4 is 23.4 Å². The minimum absolute atomic E-state index is 0.288. The van der Waals surface area contributed by atoms with Crippen molar-refractivity contribution in [2.75, 3.05) is 10.2 Å². The summed E-state index contributed by atoms with van der Waals surface area (Å²) in [4.78, 5) is 11.7. The molecule has 0 bridgehead atoms. The van der Waals surface area contributed by atoms with Gasteiger partial charge < -0.3 is 10.2 Å². The second-order valence-corrected chi connectivity index (χ2v) is 7.32. The summed E-state index contributed by atoms with van der Waals surface area (Å²) in [5.41, 5.74) is 3.34. The third kappa shape index (κ3) is 5.44. The smallest absolute Gasteiger partial charge is 0.228 e. The summed E-state index contributed by atoms with van der Waals surface area (Å²) < 4.78 is 0. The number of nitrogens with one attached hydrogen (secondary N) is 1. The minimum atomic E-state index is 0.288. The van der Waals surface area contributed by atoms with Gasteiger partial charge in [-0.1, -0.05) is 54.1 Å². The molecule has 2 aromatic carbocycles. The highest BCUT2D eigenvalue weighted by Crippen LogP contribution is 2.20. The zero-order valence-electron chi connectivity index (χ0n) is 16.0. The van der Waals surface area contributed by atoms with Crippen molar-refractivity contribution in [2.45, 2.75) is 39.9 Å². The van der Waals surface area contributed by atoms with Gasteiger partial charge in [0.25, 0.3) is 0 Å². The van der Waals surface area contributed by atoms with Crippen molar-refractivity contribution < 1.29 is 0 Å². The van der Waals surface area contributed by atoms with Gasteiger partial charge in [0.2, 0.25) is 5.95 Å². The molecule has 1 aromatic heterocycles. The lowest BCUT2D eigenvalue weighted by Crippen LogP contribution is -2.32. The Bertz CT molecular complexity index is 863. The van der Waals surface area contributed by atoms with E-state index in [-0.39, 0.29) is 6.04 Å². The summed E-state index contributed by atoms with van der Waals surface area (Å²) in [6.45, 7) is 7.79. The number of anilines is 2. The zero-order chi connectivity index (χ0) is 19.2. The van der Waals surface area contributed by atoms with Gasteiger partial charge in [-0.2, -0.15) is 4.98 Å². The first-order chi connectivity index (χ1) is 13.0. The van der Waals surface area contributed by atoms with E-state index in [2.05, 4.69) is 53.3 Å². The highest BCUT2D eigenvalue weighted by atomic mass is 35.5. The summed E-state index contributed by atoms with van der Waals surface area (Å²) in [6, 6.07) is 20.5. The molecule has 1 N–H and O–H groups in total. The van der Waals surface area contributed by atoms with Crippen LogP contribution in [0.1, 0.15) is 30.7 Å². The molecule has 5 heteroatoms. The second kappa shape index (κ2) is 8.87. The number of nitrogens with zero attached hydrogens (tertiary/aromatic N) is 3. The topological polar surface area (TPSA) is 41.1 Å². The van der Waals surface area contributed by atoms with Crippen LogP contribution in [0.2, 0.25) is 5.02 Å². The summed E-state index contributed by atoms with van der Waals surface area (Å²) in [5, 5.41) is 4.14. The Hall–Kier alpha value is -2.59. The van der Waals surface area contributed by atoms with E-state index in [1.165, 1.54) is 5.56 Å². The highest BCUT2D eigenvalue weighted by molar-refractivity contribution is 6.30. The van der Waals surface area contributed by atoms with Crippen molar-refractivity contribution in [3.8, 4) is 0 Å². The summed E-state index contributed by atoms with van der Waals surface area (Å²) in [7, 11) is 0. The lowest BCUT2D eigenvalue weighted by Gasteiger charge is -2.27. The molecular formula is C22H25ClN4. The van der Waals surface area contributed by atoms with Crippen LogP contribution in [0.25, 0.3) is 0 Å². The van der Waals surface area contributed by atoms with Crippen molar-refractivity contribution in [2.24, 2.45) is 0 Å². The predicted octanol–water partition coefficient (Wildman–Crippen LogP) is 5.47. The molecule has 0 aliphatic rings. The number of rotatable bonds is 7. The number of hydrogen-bond acceptors (Lipinski definition) is 4. The van der Waals surface area contributed by atoms with E-state index in [4.69, 9.17) is 16.6 Å². The van der Waals surface area contributed by atoms with Crippen LogP contribution >= 0.6 is 11.6 Å². The molecule has 1 heterocycles. The molecule has 3 aromatic rings. The number of benzene rings is 2. The Balaban J connectivity index is 1.78. The molecule has 0 saturated carbocycles. The quantitative estimate of drug-likeness (QED) is 0.590. The molecule has 27 heavy (non-hydrogen) atoms. The number of aryl methyl sites for hydroxylation is 1. The van der Waals surface area contributed by atoms with Crippen LogP contribution in [-0.4, -0.2) is 16.0 Å². The normalized spacial score (nSPS) is 10.9. The average Bonchev–Trinajstić information content (AvgIpc) is 2.66. The molecule has 0 atom stereocenters. The summed E-state index contributed by atoms with van der Waals surface area (Å²) in [5.74, 6) is 1.57. The third-order valence-electron chi connectivity index (χ3n) is 4.31. The SMILES string of the molecule is Cc1cc(NCc2ccc(Cl)cc2)nc(N(Cc2ccccc2)C(C)C)n1. The van der Waals surface area contributed by atoms with Crippen LogP contribution in [0.4, 0.5) is 11.8 Å². The number of aromatic nitrogens is 2. The van der Waals surface area contributed by atoms with Crippen molar-refractivity contribution in [1.29, 1.82) is 0 Å². The Labute approximate surface area is 166 Å². The molecule has 0 radical (unpaired) electrons. The average molecular weight is 381 g/mol. The fourth-order valence-electron chi connectivity index (χ4n) is 2.83. The fraction of sp³-hybridized carbons (Fsp3) is 0.273. The maximum atomic E-state index is 5.95. The Morgan fingerprint density at radius 1 is 0.963 bits per heavy atom. The molecular weight excluding hydrogens is 356 g/mol. The molecule has 0 amide bonds. The largest absolute Gasteiger partial charge is 0.366 e. The molecule has 0 saturated heterocycles. The number of halogens is 1. The number of hydrogen-bond donors (Lipinski definition) is 1. The van der Waals surface area contributed by atoms with Crippen LogP contribution in [0.3, 0.4) is 0 Å².